The average molecular weight is 256 g/mol. The normalized spacial score (nSPS) is 33.8. The first-order valence-corrected chi connectivity index (χ1v) is 6.82. The maximum Gasteiger partial charge on any atom is 0.237 e. The molecule has 2 atom stereocenters. The molecule has 0 saturated carbocycles. The predicted octanol–water partition coefficient (Wildman–Crippen LogP) is 0.127. The summed E-state index contributed by atoms with van der Waals surface area (Å²) in [4.78, 5) is 14.2. The van der Waals surface area contributed by atoms with Gasteiger partial charge in [0.1, 0.15) is 0 Å². The van der Waals surface area contributed by atoms with Crippen molar-refractivity contribution in [2.24, 2.45) is 0 Å². The number of rotatable bonds is 2. The minimum atomic E-state index is -0.307. The molecule has 2 rings (SSSR count). The number of nitrogens with one attached hydrogen (secondary N) is 1. The lowest BCUT2D eigenvalue weighted by Crippen LogP contribution is -2.59. The molecule has 0 radical (unpaired) electrons. The van der Waals surface area contributed by atoms with Crippen molar-refractivity contribution in [1.82, 2.24) is 10.2 Å². The van der Waals surface area contributed by atoms with Gasteiger partial charge in [-0.3, -0.25) is 9.69 Å². The lowest BCUT2D eigenvalue weighted by Gasteiger charge is -2.44. The zero-order valence-corrected chi connectivity index (χ0v) is 11.3. The van der Waals surface area contributed by atoms with E-state index >= 15 is 0 Å². The second-order valence-electron chi connectivity index (χ2n) is 5.91. The van der Waals surface area contributed by atoms with E-state index in [0.29, 0.717) is 6.54 Å². The summed E-state index contributed by atoms with van der Waals surface area (Å²) in [6.07, 6.45) is 2.84. The number of amides is 1. The van der Waals surface area contributed by atoms with Crippen LogP contribution in [0, 0.1) is 0 Å². The van der Waals surface area contributed by atoms with E-state index in [0.717, 1.165) is 32.4 Å². The molecule has 2 aliphatic rings. The number of carbonyl (C=O) groups excluding carboxylic acids is 1. The molecule has 104 valence electrons. The third-order valence-corrected chi connectivity index (χ3v) is 3.66. The van der Waals surface area contributed by atoms with E-state index in [-0.39, 0.29) is 30.3 Å². The Labute approximate surface area is 108 Å². The van der Waals surface area contributed by atoms with Crippen molar-refractivity contribution in [2.45, 2.75) is 50.9 Å². The zero-order valence-electron chi connectivity index (χ0n) is 11.3. The van der Waals surface area contributed by atoms with Gasteiger partial charge in [0.15, 0.2) is 0 Å². The van der Waals surface area contributed by atoms with Crippen LogP contribution >= 0.6 is 0 Å². The van der Waals surface area contributed by atoms with Gasteiger partial charge in [-0.1, -0.05) is 0 Å². The number of aliphatic hydroxyl groups is 1. The van der Waals surface area contributed by atoms with Crippen LogP contribution in [0.25, 0.3) is 0 Å². The molecule has 0 aliphatic carbocycles. The molecule has 2 N–H and O–H groups in total. The largest absolute Gasteiger partial charge is 0.394 e. The fourth-order valence-corrected chi connectivity index (χ4v) is 2.94. The van der Waals surface area contributed by atoms with Crippen LogP contribution in [0.2, 0.25) is 0 Å². The summed E-state index contributed by atoms with van der Waals surface area (Å²) >= 11 is 0. The third kappa shape index (κ3) is 3.22. The van der Waals surface area contributed by atoms with Crippen LogP contribution < -0.4 is 5.32 Å². The Morgan fingerprint density at radius 1 is 1.50 bits per heavy atom. The van der Waals surface area contributed by atoms with Gasteiger partial charge in [-0.15, -0.1) is 0 Å². The van der Waals surface area contributed by atoms with Crippen LogP contribution in [-0.2, 0) is 9.53 Å². The van der Waals surface area contributed by atoms with E-state index in [4.69, 9.17) is 4.74 Å². The molecular formula is C13H24N2O3. The van der Waals surface area contributed by atoms with Crippen LogP contribution in [-0.4, -0.2) is 59.9 Å². The predicted molar refractivity (Wildman–Crippen MR) is 68.3 cm³/mol. The molecule has 2 saturated heterocycles. The number of hydrogen-bond acceptors (Lipinski definition) is 4. The van der Waals surface area contributed by atoms with E-state index in [1.54, 1.807) is 0 Å². The number of hydrogen-bond donors (Lipinski definition) is 2. The highest BCUT2D eigenvalue weighted by Crippen LogP contribution is 2.24. The zero-order chi connectivity index (χ0) is 13.2. The van der Waals surface area contributed by atoms with Crippen molar-refractivity contribution in [3.8, 4) is 0 Å². The van der Waals surface area contributed by atoms with Crippen molar-refractivity contribution >= 4 is 5.91 Å². The number of nitrogens with zero attached hydrogens (tertiary/aromatic N) is 1. The summed E-state index contributed by atoms with van der Waals surface area (Å²) in [6, 6.07) is -0.0651. The highest BCUT2D eigenvalue weighted by Gasteiger charge is 2.38. The molecule has 2 heterocycles. The van der Waals surface area contributed by atoms with Crippen LogP contribution in [0.3, 0.4) is 0 Å². The van der Waals surface area contributed by atoms with Crippen molar-refractivity contribution in [2.75, 3.05) is 26.2 Å². The summed E-state index contributed by atoms with van der Waals surface area (Å²) in [5.74, 6) is 0.127. The SMILES string of the molecule is CC1(C)CN(C2CCCCNC2=O)CC(CO)O1. The molecule has 5 nitrogen and oxygen atoms in total. The van der Waals surface area contributed by atoms with E-state index in [2.05, 4.69) is 10.2 Å². The summed E-state index contributed by atoms with van der Waals surface area (Å²) in [5.41, 5.74) is -0.307. The third-order valence-electron chi connectivity index (χ3n) is 3.66. The second-order valence-corrected chi connectivity index (χ2v) is 5.91. The number of carbonyl (C=O) groups is 1. The summed E-state index contributed by atoms with van der Waals surface area (Å²) in [6.45, 7) is 6.19. The van der Waals surface area contributed by atoms with Gasteiger partial charge in [0.25, 0.3) is 0 Å². The van der Waals surface area contributed by atoms with Gasteiger partial charge in [0.2, 0.25) is 5.91 Å². The number of aliphatic hydroxyl groups excluding tert-OH is 1. The Bertz CT molecular complexity index is 307. The quantitative estimate of drug-likeness (QED) is 0.737. The maximum atomic E-state index is 12.1. The first-order valence-electron chi connectivity index (χ1n) is 6.82. The summed E-state index contributed by atoms with van der Waals surface area (Å²) in [7, 11) is 0. The highest BCUT2D eigenvalue weighted by atomic mass is 16.5. The molecule has 0 spiro atoms. The number of morpholine rings is 1. The molecule has 0 aromatic rings. The average Bonchev–Trinajstić information content (AvgIpc) is 2.51. The first-order chi connectivity index (χ1) is 8.52. The molecule has 5 heteroatoms. The van der Waals surface area contributed by atoms with Gasteiger partial charge in [0, 0.05) is 19.6 Å². The Morgan fingerprint density at radius 2 is 2.28 bits per heavy atom. The standard InChI is InChI=1S/C13H24N2O3/c1-13(2)9-15(7-10(8-16)18-13)11-5-3-4-6-14-12(11)17/h10-11,16H,3-9H2,1-2H3,(H,14,17). The van der Waals surface area contributed by atoms with Gasteiger partial charge in [-0.25, -0.2) is 0 Å². The van der Waals surface area contributed by atoms with Crippen LogP contribution in [0.4, 0.5) is 0 Å². The van der Waals surface area contributed by atoms with Crippen LogP contribution in [0.5, 0.6) is 0 Å². The molecule has 2 unspecified atom stereocenters. The second kappa shape index (κ2) is 5.55. The van der Waals surface area contributed by atoms with Crippen molar-refractivity contribution in [3.63, 3.8) is 0 Å². The molecule has 18 heavy (non-hydrogen) atoms. The van der Waals surface area contributed by atoms with E-state index in [1.807, 2.05) is 13.8 Å². The molecule has 0 bridgehead atoms. The summed E-state index contributed by atoms with van der Waals surface area (Å²) < 4.78 is 5.79. The maximum absolute atomic E-state index is 12.1. The highest BCUT2D eigenvalue weighted by molar-refractivity contribution is 5.81. The Kier molecular flexibility index (Phi) is 4.25. The Hall–Kier alpha value is -0.650. The smallest absolute Gasteiger partial charge is 0.237 e. The van der Waals surface area contributed by atoms with Gasteiger partial charge in [0.05, 0.1) is 24.4 Å². The molecule has 2 aliphatic heterocycles. The topological polar surface area (TPSA) is 61.8 Å². The van der Waals surface area contributed by atoms with Crippen molar-refractivity contribution in [1.29, 1.82) is 0 Å². The lowest BCUT2D eigenvalue weighted by atomic mass is 10.0. The molecule has 2 fully saturated rings. The Balaban J connectivity index is 2.07. The number of ether oxygens (including phenoxy) is 1. The van der Waals surface area contributed by atoms with Gasteiger partial charge in [-0.2, -0.15) is 0 Å². The molecule has 0 aromatic carbocycles. The fourth-order valence-electron chi connectivity index (χ4n) is 2.94. The van der Waals surface area contributed by atoms with Crippen molar-refractivity contribution < 1.29 is 14.6 Å². The lowest BCUT2D eigenvalue weighted by molar-refractivity contribution is -0.162. The monoisotopic (exact) mass is 256 g/mol. The Morgan fingerprint density at radius 3 is 3.00 bits per heavy atom. The van der Waals surface area contributed by atoms with Gasteiger partial charge >= 0.3 is 0 Å². The molecular weight excluding hydrogens is 232 g/mol. The van der Waals surface area contributed by atoms with Gasteiger partial charge < -0.3 is 15.2 Å². The van der Waals surface area contributed by atoms with Crippen LogP contribution in [0.15, 0.2) is 0 Å². The minimum absolute atomic E-state index is 0.00820. The minimum Gasteiger partial charge on any atom is -0.394 e. The van der Waals surface area contributed by atoms with E-state index in [9.17, 15) is 9.90 Å². The first kappa shape index (κ1) is 13.8. The molecule has 1 amide bonds. The van der Waals surface area contributed by atoms with Crippen molar-refractivity contribution in [3.05, 3.63) is 0 Å². The van der Waals surface area contributed by atoms with Crippen LogP contribution in [0.1, 0.15) is 33.1 Å². The summed E-state index contributed by atoms with van der Waals surface area (Å²) in [5, 5.41) is 12.3. The van der Waals surface area contributed by atoms with E-state index in [1.165, 1.54) is 0 Å². The van der Waals surface area contributed by atoms with Gasteiger partial charge in [-0.05, 0) is 33.1 Å². The fraction of sp³-hybridized carbons (Fsp3) is 0.923. The van der Waals surface area contributed by atoms with E-state index < -0.39 is 0 Å². The molecule has 0 aromatic heterocycles.